The van der Waals surface area contributed by atoms with Crippen molar-refractivity contribution in [3.63, 3.8) is 0 Å². The first kappa shape index (κ1) is 65.6. The molecule has 0 amide bonds. The Kier molecular flexibility index (Phi) is 55.2. The minimum absolute atomic E-state index is 0.0763. The zero-order valence-electron chi connectivity index (χ0n) is 45.6. The van der Waals surface area contributed by atoms with Crippen molar-refractivity contribution in [3.8, 4) is 0 Å². The number of carbonyl (C=O) groups excluding carboxylic acids is 3. The predicted octanol–water partition coefficient (Wildman–Crippen LogP) is 20.0. The van der Waals surface area contributed by atoms with Crippen LogP contribution in [0, 0.1) is 0 Å². The summed E-state index contributed by atoms with van der Waals surface area (Å²) >= 11 is 0. The quantitative estimate of drug-likeness (QED) is 0.0262. The Balaban J connectivity index is 4.35. The van der Waals surface area contributed by atoms with Gasteiger partial charge in [0, 0.05) is 19.3 Å². The first-order valence-electron chi connectivity index (χ1n) is 30.0. The summed E-state index contributed by atoms with van der Waals surface area (Å²) in [6.07, 6.45) is 68.5. The van der Waals surface area contributed by atoms with E-state index in [1.807, 2.05) is 0 Å². The first-order valence-corrected chi connectivity index (χ1v) is 30.0. The van der Waals surface area contributed by atoms with Crippen LogP contribution in [0.15, 0.2) is 36.5 Å². The maximum Gasteiger partial charge on any atom is 0.306 e. The number of rotatable bonds is 55. The Morgan fingerprint density at radius 1 is 0.294 bits per heavy atom. The lowest BCUT2D eigenvalue weighted by Gasteiger charge is -2.18. The molecule has 0 aromatic heterocycles. The fourth-order valence-electron chi connectivity index (χ4n) is 8.86. The zero-order valence-corrected chi connectivity index (χ0v) is 45.6. The van der Waals surface area contributed by atoms with Crippen LogP contribution in [0.25, 0.3) is 0 Å². The molecule has 0 N–H and O–H groups in total. The Morgan fingerprint density at radius 2 is 0.529 bits per heavy atom. The van der Waals surface area contributed by atoms with Gasteiger partial charge in [-0.1, -0.05) is 282 Å². The third kappa shape index (κ3) is 54.6. The largest absolute Gasteiger partial charge is 0.462 e. The molecule has 0 radical (unpaired) electrons. The summed E-state index contributed by atoms with van der Waals surface area (Å²) in [5.41, 5.74) is 0. The Labute approximate surface area is 423 Å². The van der Waals surface area contributed by atoms with Gasteiger partial charge >= 0.3 is 17.9 Å². The molecule has 1 atom stereocenters. The number of hydrogen-bond acceptors (Lipinski definition) is 6. The van der Waals surface area contributed by atoms with Crippen LogP contribution in [0.4, 0.5) is 0 Å². The van der Waals surface area contributed by atoms with E-state index in [2.05, 4.69) is 57.2 Å². The first-order chi connectivity index (χ1) is 33.5. The average molecular weight is 956 g/mol. The van der Waals surface area contributed by atoms with Gasteiger partial charge in [0.15, 0.2) is 6.10 Å². The number of carbonyl (C=O) groups is 3. The highest BCUT2D eigenvalue weighted by Crippen LogP contribution is 2.17. The molecule has 0 aliphatic rings. The van der Waals surface area contributed by atoms with E-state index in [1.54, 1.807) is 0 Å². The van der Waals surface area contributed by atoms with Gasteiger partial charge in [-0.2, -0.15) is 0 Å². The Hall–Kier alpha value is -2.37. The van der Waals surface area contributed by atoms with Crippen molar-refractivity contribution in [1.29, 1.82) is 0 Å². The van der Waals surface area contributed by atoms with Crippen molar-refractivity contribution < 1.29 is 28.6 Å². The fraction of sp³-hybridized carbons (Fsp3) is 0.855. The van der Waals surface area contributed by atoms with Gasteiger partial charge in [-0.05, 0) is 57.8 Å². The lowest BCUT2D eigenvalue weighted by molar-refractivity contribution is -0.167. The van der Waals surface area contributed by atoms with Crippen LogP contribution in [-0.2, 0) is 28.6 Å². The summed E-state index contributed by atoms with van der Waals surface area (Å²) in [5.74, 6) is -0.877. The lowest BCUT2D eigenvalue weighted by atomic mass is 10.0. The third-order valence-corrected chi connectivity index (χ3v) is 13.4. The summed E-state index contributed by atoms with van der Waals surface area (Å²) in [7, 11) is 0. The van der Waals surface area contributed by atoms with Gasteiger partial charge in [0.2, 0.25) is 0 Å². The van der Waals surface area contributed by atoms with Gasteiger partial charge in [-0.15, -0.1) is 0 Å². The molecular weight excluding hydrogens is 841 g/mol. The second-order valence-electron chi connectivity index (χ2n) is 20.3. The van der Waals surface area contributed by atoms with Crippen molar-refractivity contribution in [2.45, 2.75) is 329 Å². The third-order valence-electron chi connectivity index (χ3n) is 13.4. The van der Waals surface area contributed by atoms with Gasteiger partial charge in [0.1, 0.15) is 13.2 Å². The summed E-state index contributed by atoms with van der Waals surface area (Å²) < 4.78 is 16.9. The molecule has 0 saturated heterocycles. The van der Waals surface area contributed by atoms with Crippen LogP contribution in [-0.4, -0.2) is 37.2 Å². The SMILES string of the molecule is CCCCC/C=C/C/C=C/C/C=C/CCCCCCC(=O)O[C@H](COC(=O)CCCCCCCCCCCCCCCC)COC(=O)CCCCCCCCCCCCCCCCCCCCC. The molecule has 6 heteroatoms. The van der Waals surface area contributed by atoms with Crippen LogP contribution in [0.2, 0.25) is 0 Å². The zero-order chi connectivity index (χ0) is 49.3. The molecule has 0 spiro atoms. The smallest absolute Gasteiger partial charge is 0.306 e. The van der Waals surface area contributed by atoms with E-state index in [0.717, 1.165) is 83.5 Å². The molecule has 0 aromatic carbocycles. The van der Waals surface area contributed by atoms with Gasteiger partial charge in [0.25, 0.3) is 0 Å². The highest BCUT2D eigenvalue weighted by atomic mass is 16.6. The van der Waals surface area contributed by atoms with Gasteiger partial charge in [-0.25, -0.2) is 0 Å². The van der Waals surface area contributed by atoms with Crippen molar-refractivity contribution in [1.82, 2.24) is 0 Å². The molecule has 68 heavy (non-hydrogen) atoms. The Bertz CT molecular complexity index is 1140. The lowest BCUT2D eigenvalue weighted by Crippen LogP contribution is -2.30. The van der Waals surface area contributed by atoms with E-state index in [1.165, 1.54) is 199 Å². The molecule has 0 fully saturated rings. The molecule has 6 nitrogen and oxygen atoms in total. The molecule has 0 unspecified atom stereocenters. The topological polar surface area (TPSA) is 78.9 Å². The van der Waals surface area contributed by atoms with Gasteiger partial charge in [0.05, 0.1) is 0 Å². The monoisotopic (exact) mass is 955 g/mol. The number of hydrogen-bond donors (Lipinski definition) is 0. The summed E-state index contributed by atoms with van der Waals surface area (Å²) in [6, 6.07) is 0. The molecule has 0 aliphatic heterocycles. The summed E-state index contributed by atoms with van der Waals surface area (Å²) in [5, 5.41) is 0. The van der Waals surface area contributed by atoms with Crippen LogP contribution >= 0.6 is 0 Å². The Morgan fingerprint density at radius 3 is 0.853 bits per heavy atom. The molecule has 0 aliphatic carbocycles. The van der Waals surface area contributed by atoms with Gasteiger partial charge < -0.3 is 14.2 Å². The summed E-state index contributed by atoms with van der Waals surface area (Å²) in [4.78, 5) is 38.2. The highest BCUT2D eigenvalue weighted by molar-refractivity contribution is 5.71. The van der Waals surface area contributed by atoms with Crippen molar-refractivity contribution in [2.24, 2.45) is 0 Å². The van der Waals surface area contributed by atoms with Crippen molar-refractivity contribution in [3.05, 3.63) is 36.5 Å². The molecule has 398 valence electrons. The molecular formula is C62H114O6. The van der Waals surface area contributed by atoms with Crippen LogP contribution < -0.4 is 0 Å². The summed E-state index contributed by atoms with van der Waals surface area (Å²) in [6.45, 7) is 6.65. The second-order valence-corrected chi connectivity index (χ2v) is 20.3. The standard InChI is InChI=1S/C62H114O6/c1-4-7-10-13-16-19-22-25-28-30-31-33-34-37-40-43-46-49-52-55-61(64)67-58-59(57-66-60(63)54-51-48-45-42-39-36-27-24-21-18-15-12-9-6-3)68-62(65)56-53-50-47-44-41-38-35-32-29-26-23-20-17-14-11-8-5-2/h17,20,26,29,35,38,59H,4-16,18-19,21-25,27-28,30-34,36-37,39-58H2,1-3H3/b20-17+,29-26+,38-35+/t59-/m1/s1. The molecule has 0 aromatic rings. The number of ether oxygens (including phenoxy) is 3. The minimum Gasteiger partial charge on any atom is -0.462 e. The molecule has 0 rings (SSSR count). The van der Waals surface area contributed by atoms with E-state index in [0.29, 0.717) is 19.3 Å². The predicted molar refractivity (Wildman–Crippen MR) is 293 cm³/mol. The number of unbranched alkanes of at least 4 members (excludes halogenated alkanes) is 38. The van der Waals surface area contributed by atoms with E-state index >= 15 is 0 Å². The normalized spacial score (nSPS) is 12.2. The fourth-order valence-corrected chi connectivity index (χ4v) is 8.86. The van der Waals surface area contributed by atoms with Crippen LogP contribution in [0.1, 0.15) is 323 Å². The highest BCUT2D eigenvalue weighted by Gasteiger charge is 2.19. The maximum absolute atomic E-state index is 12.9. The molecule has 0 saturated carbocycles. The number of allylic oxidation sites excluding steroid dienone is 6. The van der Waals surface area contributed by atoms with Crippen LogP contribution in [0.3, 0.4) is 0 Å². The van der Waals surface area contributed by atoms with E-state index in [-0.39, 0.29) is 31.1 Å². The number of esters is 3. The minimum atomic E-state index is -0.780. The van der Waals surface area contributed by atoms with Gasteiger partial charge in [-0.3, -0.25) is 14.4 Å². The molecule has 0 heterocycles. The average Bonchev–Trinajstić information content (AvgIpc) is 3.34. The van der Waals surface area contributed by atoms with E-state index < -0.39 is 6.10 Å². The second kappa shape index (κ2) is 57.2. The van der Waals surface area contributed by atoms with Crippen LogP contribution in [0.5, 0.6) is 0 Å². The maximum atomic E-state index is 12.9. The van der Waals surface area contributed by atoms with Crippen molar-refractivity contribution in [2.75, 3.05) is 13.2 Å². The molecule has 0 bridgehead atoms. The van der Waals surface area contributed by atoms with Crippen molar-refractivity contribution >= 4 is 17.9 Å². The van der Waals surface area contributed by atoms with E-state index in [9.17, 15) is 14.4 Å². The van der Waals surface area contributed by atoms with E-state index in [4.69, 9.17) is 14.2 Å².